The Labute approximate surface area is 190 Å². The van der Waals surface area contributed by atoms with Crippen molar-refractivity contribution in [1.82, 2.24) is 4.90 Å². The quantitative estimate of drug-likeness (QED) is 0.480. The molecule has 1 saturated heterocycles. The molecule has 0 spiro atoms. The fraction of sp³-hybridized carbons (Fsp3) is 0.227. The molecule has 1 heterocycles. The maximum Gasteiger partial charge on any atom is 0.266 e. The van der Waals surface area contributed by atoms with E-state index >= 15 is 0 Å². The lowest BCUT2D eigenvalue weighted by Crippen LogP contribution is -2.31. The fourth-order valence-corrected chi connectivity index (χ4v) is 4.22. The first-order valence-electron chi connectivity index (χ1n) is 9.39. The van der Waals surface area contributed by atoms with Gasteiger partial charge in [0.2, 0.25) is 11.7 Å². The predicted molar refractivity (Wildman–Crippen MR) is 126 cm³/mol. The van der Waals surface area contributed by atoms with Gasteiger partial charge in [-0.2, -0.15) is 0 Å². The van der Waals surface area contributed by atoms with Crippen LogP contribution in [0.4, 0.5) is 5.69 Å². The summed E-state index contributed by atoms with van der Waals surface area (Å²) >= 11 is 6.49. The van der Waals surface area contributed by atoms with Crippen LogP contribution in [-0.4, -0.2) is 46.9 Å². The first kappa shape index (κ1) is 22.6. The van der Waals surface area contributed by atoms with Crippen molar-refractivity contribution >= 4 is 51.9 Å². The summed E-state index contributed by atoms with van der Waals surface area (Å²) in [6.45, 7) is 2.15. The molecule has 2 aromatic carbocycles. The number of carbonyl (C=O) groups excluding carboxylic acids is 2. The van der Waals surface area contributed by atoms with Crippen LogP contribution in [0.1, 0.15) is 17.5 Å². The van der Waals surface area contributed by atoms with Gasteiger partial charge in [-0.05, 0) is 42.8 Å². The van der Waals surface area contributed by atoms with Crippen LogP contribution in [0.25, 0.3) is 6.08 Å². The molecule has 0 unspecified atom stereocenters. The number of thioether (sulfide) groups is 1. The lowest BCUT2D eigenvalue weighted by molar-refractivity contribution is -0.122. The molecular formula is C22H22N2O5S2. The van der Waals surface area contributed by atoms with Gasteiger partial charge in [0, 0.05) is 18.7 Å². The number of anilines is 1. The molecular weight excluding hydrogens is 436 g/mol. The molecule has 1 aliphatic heterocycles. The lowest BCUT2D eigenvalue weighted by Gasteiger charge is -2.14. The molecule has 0 atom stereocenters. The topological polar surface area (TPSA) is 88.1 Å². The van der Waals surface area contributed by atoms with E-state index in [1.54, 1.807) is 18.2 Å². The number of hydrogen-bond acceptors (Lipinski definition) is 7. The monoisotopic (exact) mass is 458 g/mol. The molecule has 0 aliphatic carbocycles. The summed E-state index contributed by atoms with van der Waals surface area (Å²) in [6, 6.07) is 10.7. The predicted octanol–water partition coefficient (Wildman–Crippen LogP) is 3.95. The van der Waals surface area contributed by atoms with E-state index < -0.39 is 0 Å². The number of nitrogens with one attached hydrogen (secondary N) is 1. The Hall–Kier alpha value is -3.04. The second kappa shape index (κ2) is 9.84. The third-order valence-electron chi connectivity index (χ3n) is 4.57. The molecule has 2 aromatic rings. The van der Waals surface area contributed by atoms with Crippen molar-refractivity contribution in [3.8, 4) is 17.2 Å². The van der Waals surface area contributed by atoms with Crippen molar-refractivity contribution in [2.45, 2.75) is 13.3 Å². The maximum absolute atomic E-state index is 12.8. The van der Waals surface area contributed by atoms with E-state index in [0.29, 0.717) is 20.5 Å². The number of thiocarbonyl (C=S) groups is 1. The van der Waals surface area contributed by atoms with E-state index in [4.69, 9.17) is 21.7 Å². The van der Waals surface area contributed by atoms with E-state index in [2.05, 4.69) is 5.32 Å². The number of phenols is 1. The van der Waals surface area contributed by atoms with Crippen molar-refractivity contribution in [2.24, 2.45) is 0 Å². The standard InChI is InChI=1S/C22H22N2O5S2/c1-13-4-6-15(7-5-13)23-19(25)8-9-24-21(27)18(31-22(24)30)12-14-10-16(28-2)20(26)17(11-14)29-3/h4-7,10-12,26H,8-9H2,1-3H3,(H,23,25)/b18-12-. The maximum atomic E-state index is 12.8. The van der Waals surface area contributed by atoms with E-state index in [1.165, 1.54) is 19.1 Å². The van der Waals surface area contributed by atoms with E-state index in [9.17, 15) is 14.7 Å². The largest absolute Gasteiger partial charge is 0.502 e. The molecule has 0 bridgehead atoms. The summed E-state index contributed by atoms with van der Waals surface area (Å²) in [4.78, 5) is 26.9. The molecule has 1 aliphatic rings. The van der Waals surface area contributed by atoms with Crippen molar-refractivity contribution in [3.05, 3.63) is 52.4 Å². The van der Waals surface area contributed by atoms with Gasteiger partial charge in [-0.15, -0.1) is 0 Å². The second-order valence-electron chi connectivity index (χ2n) is 6.77. The minimum atomic E-state index is -0.274. The van der Waals surface area contributed by atoms with Gasteiger partial charge < -0.3 is 19.9 Å². The molecule has 1 fully saturated rings. The van der Waals surface area contributed by atoms with Crippen molar-refractivity contribution in [3.63, 3.8) is 0 Å². The zero-order chi connectivity index (χ0) is 22.5. The summed E-state index contributed by atoms with van der Waals surface area (Å²) in [5, 5.41) is 12.9. The van der Waals surface area contributed by atoms with Crippen LogP contribution in [-0.2, 0) is 9.59 Å². The zero-order valence-electron chi connectivity index (χ0n) is 17.3. The Morgan fingerprint density at radius 3 is 2.39 bits per heavy atom. The van der Waals surface area contributed by atoms with Crippen LogP contribution in [0.5, 0.6) is 17.2 Å². The third kappa shape index (κ3) is 5.36. The van der Waals surface area contributed by atoms with E-state index in [-0.39, 0.29) is 42.0 Å². The number of aromatic hydroxyl groups is 1. The molecule has 162 valence electrons. The number of methoxy groups -OCH3 is 2. The minimum absolute atomic E-state index is 0.116. The average molecular weight is 459 g/mol. The Morgan fingerprint density at radius 2 is 1.81 bits per heavy atom. The van der Waals surface area contributed by atoms with Gasteiger partial charge in [0.15, 0.2) is 11.5 Å². The Morgan fingerprint density at radius 1 is 1.19 bits per heavy atom. The Bertz CT molecular complexity index is 1030. The molecule has 2 N–H and O–H groups in total. The van der Waals surface area contributed by atoms with Gasteiger partial charge in [0.25, 0.3) is 5.91 Å². The van der Waals surface area contributed by atoms with Crippen LogP contribution in [0.3, 0.4) is 0 Å². The number of aryl methyl sites for hydroxylation is 1. The van der Waals surface area contributed by atoms with Gasteiger partial charge in [0.1, 0.15) is 4.32 Å². The van der Waals surface area contributed by atoms with Crippen LogP contribution in [0.15, 0.2) is 41.3 Å². The molecule has 0 aromatic heterocycles. The van der Waals surface area contributed by atoms with Gasteiger partial charge in [-0.3, -0.25) is 14.5 Å². The van der Waals surface area contributed by atoms with Gasteiger partial charge >= 0.3 is 0 Å². The van der Waals surface area contributed by atoms with Crippen LogP contribution >= 0.6 is 24.0 Å². The highest BCUT2D eigenvalue weighted by atomic mass is 32.2. The SMILES string of the molecule is COc1cc(/C=C2\SC(=S)N(CCC(=O)Nc3ccc(C)cc3)C2=O)cc(OC)c1O. The summed E-state index contributed by atoms with van der Waals surface area (Å²) in [5.74, 6) is -0.129. The minimum Gasteiger partial charge on any atom is -0.502 e. The zero-order valence-corrected chi connectivity index (χ0v) is 18.9. The summed E-state index contributed by atoms with van der Waals surface area (Å²) in [5.41, 5.74) is 2.42. The number of ether oxygens (including phenoxy) is 2. The fourth-order valence-electron chi connectivity index (χ4n) is 2.91. The normalized spacial score (nSPS) is 14.8. The van der Waals surface area contributed by atoms with Crippen LogP contribution < -0.4 is 14.8 Å². The number of rotatable bonds is 7. The second-order valence-corrected chi connectivity index (χ2v) is 8.45. The molecule has 2 amide bonds. The first-order valence-corrected chi connectivity index (χ1v) is 10.6. The van der Waals surface area contributed by atoms with Crippen molar-refractivity contribution in [1.29, 1.82) is 0 Å². The third-order valence-corrected chi connectivity index (χ3v) is 5.95. The van der Waals surface area contributed by atoms with Gasteiger partial charge in [0.05, 0.1) is 19.1 Å². The molecule has 0 saturated carbocycles. The van der Waals surface area contributed by atoms with E-state index in [0.717, 1.165) is 17.3 Å². The number of carbonyl (C=O) groups is 2. The smallest absolute Gasteiger partial charge is 0.266 e. The summed E-state index contributed by atoms with van der Waals surface area (Å²) < 4.78 is 10.7. The number of phenolic OH excluding ortho intramolecular Hbond substituents is 1. The van der Waals surface area contributed by atoms with Crippen molar-refractivity contribution in [2.75, 3.05) is 26.1 Å². The highest BCUT2D eigenvalue weighted by molar-refractivity contribution is 8.26. The molecule has 9 heteroatoms. The molecule has 3 rings (SSSR count). The highest BCUT2D eigenvalue weighted by Gasteiger charge is 2.32. The number of nitrogens with zero attached hydrogens (tertiary/aromatic N) is 1. The number of benzene rings is 2. The highest BCUT2D eigenvalue weighted by Crippen LogP contribution is 2.39. The Kier molecular flexibility index (Phi) is 7.19. The van der Waals surface area contributed by atoms with Crippen LogP contribution in [0, 0.1) is 6.92 Å². The average Bonchev–Trinajstić information content (AvgIpc) is 3.01. The van der Waals surface area contributed by atoms with Gasteiger partial charge in [-0.25, -0.2) is 0 Å². The molecule has 7 nitrogen and oxygen atoms in total. The Balaban J connectivity index is 1.68. The molecule has 0 radical (unpaired) electrons. The number of amides is 2. The van der Waals surface area contributed by atoms with Crippen molar-refractivity contribution < 1.29 is 24.2 Å². The van der Waals surface area contributed by atoms with Crippen LogP contribution in [0.2, 0.25) is 0 Å². The summed E-state index contributed by atoms with van der Waals surface area (Å²) in [7, 11) is 2.86. The number of hydrogen-bond donors (Lipinski definition) is 2. The first-order chi connectivity index (χ1) is 14.8. The van der Waals surface area contributed by atoms with E-state index in [1.807, 2.05) is 31.2 Å². The lowest BCUT2D eigenvalue weighted by atomic mass is 10.1. The summed E-state index contributed by atoms with van der Waals surface area (Å²) in [6.07, 6.45) is 1.77. The van der Waals surface area contributed by atoms with Gasteiger partial charge in [-0.1, -0.05) is 41.7 Å². The molecule has 31 heavy (non-hydrogen) atoms.